The van der Waals surface area contributed by atoms with Crippen LogP contribution >= 0.6 is 11.3 Å². The summed E-state index contributed by atoms with van der Waals surface area (Å²) in [4.78, 5) is 15.2. The number of aromatic nitrogens is 1. The van der Waals surface area contributed by atoms with Crippen molar-refractivity contribution in [2.24, 2.45) is 4.36 Å². The highest BCUT2D eigenvalue weighted by Gasteiger charge is 2.15. The monoisotopic (exact) mass is 413 g/mol. The van der Waals surface area contributed by atoms with Crippen LogP contribution in [-0.2, 0) is 19.3 Å². The second-order valence-corrected chi connectivity index (χ2v) is 8.18. The van der Waals surface area contributed by atoms with Gasteiger partial charge >= 0.3 is 0 Å². The lowest BCUT2D eigenvalue weighted by Gasteiger charge is -2.14. The first-order valence-corrected chi connectivity index (χ1v) is 10.4. The first kappa shape index (κ1) is 18.7. The molecule has 6 nitrogen and oxygen atoms in total. The minimum Gasteiger partial charge on any atom is -0.507 e. The molecule has 2 aromatic carbocycles. The van der Waals surface area contributed by atoms with Crippen molar-refractivity contribution < 1.29 is 13.5 Å². The van der Waals surface area contributed by atoms with Crippen LogP contribution in [-0.4, -0.2) is 17.2 Å². The highest BCUT2D eigenvalue weighted by atomic mass is 32.2. The highest BCUT2D eigenvalue weighted by molar-refractivity contribution is 7.69. The number of nitrogens with one attached hydrogen (secondary N) is 1. The Morgan fingerprint density at radius 3 is 2.64 bits per heavy atom. The van der Waals surface area contributed by atoms with Gasteiger partial charge in [-0.1, -0.05) is 35.1 Å². The molecule has 0 aliphatic carbocycles. The lowest BCUT2D eigenvalue weighted by atomic mass is 9.96. The van der Waals surface area contributed by atoms with Gasteiger partial charge in [0.15, 0.2) is 0 Å². The number of hydrogen-bond donors (Lipinski definition) is 2. The van der Waals surface area contributed by atoms with Gasteiger partial charge in [-0.25, -0.2) is 0 Å². The Morgan fingerprint density at radius 2 is 1.93 bits per heavy atom. The van der Waals surface area contributed by atoms with Gasteiger partial charge in [0, 0.05) is 35.0 Å². The number of thiophene rings is 1. The second-order valence-electron chi connectivity index (χ2n) is 6.29. The molecule has 4 aromatic rings. The van der Waals surface area contributed by atoms with Crippen molar-refractivity contribution in [3.63, 3.8) is 0 Å². The summed E-state index contributed by atoms with van der Waals surface area (Å²) in [5.41, 5.74) is 2.89. The van der Waals surface area contributed by atoms with E-state index in [4.69, 9.17) is 0 Å². The van der Waals surface area contributed by atoms with E-state index in [2.05, 4.69) is 13.5 Å². The van der Waals surface area contributed by atoms with Crippen LogP contribution in [0.2, 0.25) is 0 Å². The SMILES string of the molecule is CO[S-](=O)=N[C@@H](C)c1ccc(-c2c(O)ccc3[nH]c(=O)c4sccc4c23)cc1. The Labute approximate surface area is 166 Å². The van der Waals surface area contributed by atoms with E-state index in [0.717, 1.165) is 21.9 Å². The molecule has 0 aliphatic rings. The molecule has 28 heavy (non-hydrogen) atoms. The molecule has 2 N–H and O–H groups in total. The predicted molar refractivity (Wildman–Crippen MR) is 113 cm³/mol. The number of fused-ring (bicyclic) bond motifs is 3. The summed E-state index contributed by atoms with van der Waals surface area (Å²) in [5, 5.41) is 14.1. The van der Waals surface area contributed by atoms with E-state index in [1.54, 1.807) is 12.1 Å². The van der Waals surface area contributed by atoms with Gasteiger partial charge in [0.05, 0.1) is 0 Å². The quantitative estimate of drug-likeness (QED) is 0.466. The number of aromatic amines is 1. The molecule has 1 atom stereocenters. The molecular formula is C20H17N2O4S2-. The minimum atomic E-state index is -1.68. The molecule has 8 heteroatoms. The lowest BCUT2D eigenvalue weighted by Crippen LogP contribution is -2.04. The lowest BCUT2D eigenvalue weighted by molar-refractivity contribution is 0.434. The Morgan fingerprint density at radius 1 is 1.18 bits per heavy atom. The molecule has 4 rings (SSSR count). The van der Waals surface area contributed by atoms with Crippen LogP contribution < -0.4 is 5.56 Å². The number of phenolic OH excluding ortho intramolecular Hbond substituents is 1. The van der Waals surface area contributed by atoms with Crippen molar-refractivity contribution in [3.05, 3.63) is 63.8 Å². The van der Waals surface area contributed by atoms with Crippen LogP contribution in [0.3, 0.4) is 0 Å². The largest absolute Gasteiger partial charge is 0.507 e. The maximum absolute atomic E-state index is 12.3. The van der Waals surface area contributed by atoms with Crippen molar-refractivity contribution in [1.82, 2.24) is 4.98 Å². The minimum absolute atomic E-state index is 0.133. The van der Waals surface area contributed by atoms with Gasteiger partial charge in [-0.2, -0.15) is 0 Å². The first-order valence-electron chi connectivity index (χ1n) is 8.52. The molecule has 0 saturated carbocycles. The Kier molecular flexibility index (Phi) is 4.92. The van der Waals surface area contributed by atoms with Crippen LogP contribution in [0.5, 0.6) is 5.75 Å². The van der Waals surface area contributed by atoms with Crippen LogP contribution in [0.4, 0.5) is 0 Å². The van der Waals surface area contributed by atoms with E-state index < -0.39 is 10.9 Å². The molecule has 0 fully saturated rings. The summed E-state index contributed by atoms with van der Waals surface area (Å²) in [6, 6.07) is 12.4. The summed E-state index contributed by atoms with van der Waals surface area (Å²) in [5.74, 6) is 0.137. The molecular weight excluding hydrogens is 396 g/mol. The smallest absolute Gasteiger partial charge is 0.266 e. The standard InChI is InChI=1S/C20H17N2O4S2/c1-11(22-28(25)26-2)12-3-5-13(6-4-12)17-16(23)8-7-15-18(17)14-9-10-27-19(14)20(24)21-15/h3-11,23H,1-2H3,(H,21,24)/q-1/t11-/m0/s1. The Hall–Kier alpha value is -2.68. The van der Waals surface area contributed by atoms with Gasteiger partial charge in [-0.3, -0.25) is 4.79 Å². The van der Waals surface area contributed by atoms with E-state index in [-0.39, 0.29) is 17.4 Å². The van der Waals surface area contributed by atoms with Crippen molar-refractivity contribution >= 4 is 43.2 Å². The molecule has 0 radical (unpaired) electrons. The normalized spacial score (nSPS) is 13.9. The topological polar surface area (TPSA) is 91.8 Å². The van der Waals surface area contributed by atoms with E-state index in [1.807, 2.05) is 42.6 Å². The summed E-state index contributed by atoms with van der Waals surface area (Å²) < 4.78 is 20.8. The molecule has 0 aliphatic heterocycles. The molecule has 0 saturated heterocycles. The van der Waals surface area contributed by atoms with Crippen LogP contribution in [0.15, 0.2) is 57.0 Å². The third-order valence-electron chi connectivity index (χ3n) is 4.64. The zero-order chi connectivity index (χ0) is 19.8. The number of aromatic hydroxyl groups is 1. The van der Waals surface area contributed by atoms with Crippen molar-refractivity contribution in [2.45, 2.75) is 13.0 Å². The van der Waals surface area contributed by atoms with Crippen LogP contribution in [0.1, 0.15) is 18.5 Å². The summed E-state index contributed by atoms with van der Waals surface area (Å²) in [6.07, 6.45) is 0. The maximum atomic E-state index is 12.3. The molecule has 0 bridgehead atoms. The van der Waals surface area contributed by atoms with Gasteiger partial charge in [0.1, 0.15) is 10.4 Å². The summed E-state index contributed by atoms with van der Waals surface area (Å²) >= 11 is 1.37. The fraction of sp³-hybridized carbons (Fsp3) is 0.150. The molecule has 0 spiro atoms. The molecule has 2 aromatic heterocycles. The van der Waals surface area contributed by atoms with Crippen LogP contribution in [0, 0.1) is 0 Å². The van der Waals surface area contributed by atoms with Crippen LogP contribution in [0.25, 0.3) is 32.1 Å². The predicted octanol–water partition coefficient (Wildman–Crippen LogP) is 4.89. The number of benzene rings is 2. The number of rotatable bonds is 4. The maximum Gasteiger partial charge on any atom is 0.266 e. The van der Waals surface area contributed by atoms with E-state index in [9.17, 15) is 14.1 Å². The number of phenols is 1. The molecule has 0 unspecified atom stereocenters. The first-order chi connectivity index (χ1) is 13.5. The summed E-state index contributed by atoms with van der Waals surface area (Å²) in [6.45, 7) is 1.83. The molecule has 0 amide bonds. The third kappa shape index (κ3) is 3.19. The van der Waals surface area contributed by atoms with Gasteiger partial charge in [0.25, 0.3) is 5.56 Å². The number of hydrogen-bond acceptors (Lipinski definition) is 7. The van der Waals surface area contributed by atoms with E-state index >= 15 is 0 Å². The number of pyridine rings is 1. The number of H-pyrrole nitrogens is 1. The number of nitrogens with zero attached hydrogens (tertiary/aromatic N) is 1. The van der Waals surface area contributed by atoms with E-state index in [0.29, 0.717) is 15.8 Å². The van der Waals surface area contributed by atoms with Gasteiger partial charge < -0.3 is 22.8 Å². The summed E-state index contributed by atoms with van der Waals surface area (Å²) in [7, 11) is -0.341. The van der Waals surface area contributed by atoms with Crippen molar-refractivity contribution in [2.75, 3.05) is 7.11 Å². The second kappa shape index (κ2) is 7.38. The van der Waals surface area contributed by atoms with Gasteiger partial charge in [0.2, 0.25) is 0 Å². The average molecular weight is 414 g/mol. The Bertz CT molecular complexity index is 1320. The highest BCUT2D eigenvalue weighted by Crippen LogP contribution is 2.39. The average Bonchev–Trinajstić information content (AvgIpc) is 3.19. The van der Waals surface area contributed by atoms with Gasteiger partial charge in [-0.15, -0.1) is 11.3 Å². The van der Waals surface area contributed by atoms with E-state index in [1.165, 1.54) is 18.4 Å². The van der Waals surface area contributed by atoms with Crippen molar-refractivity contribution in [3.8, 4) is 16.9 Å². The Balaban J connectivity index is 1.90. The zero-order valence-electron chi connectivity index (χ0n) is 15.1. The molecule has 2 heterocycles. The zero-order valence-corrected chi connectivity index (χ0v) is 16.8. The van der Waals surface area contributed by atoms with Crippen molar-refractivity contribution in [1.29, 1.82) is 0 Å². The fourth-order valence-electron chi connectivity index (χ4n) is 3.29. The third-order valence-corrected chi connectivity index (χ3v) is 6.33. The van der Waals surface area contributed by atoms with Gasteiger partial charge in [-0.05, 0) is 41.6 Å². The molecule has 144 valence electrons. The fourth-order valence-corrected chi connectivity index (χ4v) is 4.55.